The van der Waals surface area contributed by atoms with Gasteiger partial charge in [0.1, 0.15) is 11.5 Å². The molecule has 1 aliphatic heterocycles. The molecule has 4 heterocycles. The summed E-state index contributed by atoms with van der Waals surface area (Å²) in [5, 5.41) is 8.82. The monoisotopic (exact) mass is 428 g/mol. The molecule has 0 bridgehead atoms. The molecule has 0 spiro atoms. The number of amides is 1. The number of anilines is 3. The third kappa shape index (κ3) is 3.85. The van der Waals surface area contributed by atoms with Crippen molar-refractivity contribution < 1.29 is 4.79 Å². The zero-order chi connectivity index (χ0) is 21.3. The standard InChI is InChI=1S/C20H25ClN8O/c1-4-16(30)28-8-6-7-14(12-28)27(3)19-17-15(21)10-22-18(17)25-20(26-19)24-13-9-23-29(5-2)11-13/h4,9-11,14H,1,5-8,12H2,2-3H3,(H2,22,24,25,26). The summed E-state index contributed by atoms with van der Waals surface area (Å²) >= 11 is 6.45. The number of hydrogen-bond donors (Lipinski definition) is 2. The number of halogens is 1. The number of aryl methyl sites for hydroxylation is 1. The number of hydrogen-bond acceptors (Lipinski definition) is 6. The van der Waals surface area contributed by atoms with Crippen LogP contribution in [0.5, 0.6) is 0 Å². The Morgan fingerprint density at radius 2 is 2.33 bits per heavy atom. The highest BCUT2D eigenvalue weighted by molar-refractivity contribution is 6.36. The normalized spacial score (nSPS) is 16.6. The number of likely N-dealkylation sites (tertiary alicyclic amines) is 1. The number of H-pyrrole nitrogens is 1. The Balaban J connectivity index is 1.67. The summed E-state index contributed by atoms with van der Waals surface area (Å²) < 4.78 is 1.83. The maximum absolute atomic E-state index is 12.1. The predicted molar refractivity (Wildman–Crippen MR) is 118 cm³/mol. The number of carbonyl (C=O) groups is 1. The lowest BCUT2D eigenvalue weighted by Crippen LogP contribution is -2.48. The van der Waals surface area contributed by atoms with Crippen molar-refractivity contribution in [1.82, 2.24) is 29.6 Å². The molecule has 30 heavy (non-hydrogen) atoms. The van der Waals surface area contributed by atoms with Crippen LogP contribution in [-0.4, -0.2) is 61.7 Å². The fourth-order valence-electron chi connectivity index (χ4n) is 3.79. The molecule has 1 aliphatic rings. The van der Waals surface area contributed by atoms with E-state index in [1.807, 2.05) is 29.7 Å². The van der Waals surface area contributed by atoms with E-state index in [4.69, 9.17) is 16.6 Å². The number of aromatic amines is 1. The number of piperidine rings is 1. The minimum atomic E-state index is -0.0455. The molecule has 0 aliphatic carbocycles. The summed E-state index contributed by atoms with van der Waals surface area (Å²) in [6.07, 6.45) is 8.60. The smallest absolute Gasteiger partial charge is 0.246 e. The van der Waals surface area contributed by atoms with E-state index in [0.29, 0.717) is 23.2 Å². The van der Waals surface area contributed by atoms with Gasteiger partial charge in [0.25, 0.3) is 0 Å². The van der Waals surface area contributed by atoms with Crippen molar-refractivity contribution in [3.8, 4) is 0 Å². The van der Waals surface area contributed by atoms with E-state index in [1.165, 1.54) is 6.08 Å². The van der Waals surface area contributed by atoms with Gasteiger partial charge in [0.05, 0.1) is 22.3 Å². The average Bonchev–Trinajstić information content (AvgIpc) is 3.38. The Kier molecular flexibility index (Phi) is 5.63. The Morgan fingerprint density at radius 3 is 3.07 bits per heavy atom. The van der Waals surface area contributed by atoms with E-state index in [-0.39, 0.29) is 11.9 Å². The molecule has 1 saturated heterocycles. The number of rotatable bonds is 6. The van der Waals surface area contributed by atoms with Crippen LogP contribution in [0, 0.1) is 0 Å². The first-order chi connectivity index (χ1) is 14.5. The number of nitrogens with zero attached hydrogens (tertiary/aromatic N) is 6. The lowest BCUT2D eigenvalue weighted by molar-refractivity contribution is -0.127. The minimum Gasteiger partial charge on any atom is -0.354 e. The van der Waals surface area contributed by atoms with Crippen LogP contribution in [-0.2, 0) is 11.3 Å². The van der Waals surface area contributed by atoms with Crippen LogP contribution in [0.25, 0.3) is 11.0 Å². The fraction of sp³-hybridized carbons (Fsp3) is 0.400. The molecule has 0 radical (unpaired) electrons. The lowest BCUT2D eigenvalue weighted by Gasteiger charge is -2.38. The summed E-state index contributed by atoms with van der Waals surface area (Å²) in [5.41, 5.74) is 1.46. The summed E-state index contributed by atoms with van der Waals surface area (Å²) in [6, 6.07) is 0.113. The quantitative estimate of drug-likeness (QED) is 0.585. The Bertz CT molecular complexity index is 1070. The molecule has 10 heteroatoms. The summed E-state index contributed by atoms with van der Waals surface area (Å²) in [4.78, 5) is 28.5. The van der Waals surface area contributed by atoms with Gasteiger partial charge >= 0.3 is 0 Å². The molecule has 3 aromatic rings. The first kappa shape index (κ1) is 20.2. The highest BCUT2D eigenvalue weighted by Gasteiger charge is 2.28. The number of carbonyl (C=O) groups excluding carboxylic acids is 1. The van der Waals surface area contributed by atoms with Crippen molar-refractivity contribution >= 4 is 46.0 Å². The summed E-state index contributed by atoms with van der Waals surface area (Å²) in [5.74, 6) is 1.12. The van der Waals surface area contributed by atoms with E-state index >= 15 is 0 Å². The second-order valence-corrected chi connectivity index (χ2v) is 7.74. The van der Waals surface area contributed by atoms with Crippen LogP contribution in [0.3, 0.4) is 0 Å². The van der Waals surface area contributed by atoms with Gasteiger partial charge in [0.15, 0.2) is 0 Å². The van der Waals surface area contributed by atoms with E-state index in [2.05, 4.69) is 31.9 Å². The predicted octanol–water partition coefficient (Wildman–Crippen LogP) is 3.18. The second kappa shape index (κ2) is 8.35. The molecule has 1 amide bonds. The van der Waals surface area contributed by atoms with Crippen LogP contribution >= 0.6 is 11.6 Å². The SMILES string of the molecule is C=CC(=O)N1CCCC(N(C)c2nc(Nc3cnn(CC)c3)nc3[nH]cc(Cl)c23)C1. The third-order valence-corrected chi connectivity index (χ3v) is 5.74. The topological polar surface area (TPSA) is 95.0 Å². The fourth-order valence-corrected chi connectivity index (χ4v) is 4.02. The molecule has 0 aromatic carbocycles. The van der Waals surface area contributed by atoms with Crippen LogP contribution < -0.4 is 10.2 Å². The molecular weight excluding hydrogens is 404 g/mol. The van der Waals surface area contributed by atoms with Crippen molar-refractivity contribution in [1.29, 1.82) is 0 Å². The van der Waals surface area contributed by atoms with E-state index in [9.17, 15) is 4.79 Å². The van der Waals surface area contributed by atoms with E-state index in [0.717, 1.165) is 42.8 Å². The second-order valence-electron chi connectivity index (χ2n) is 7.34. The molecule has 3 aromatic heterocycles. The largest absolute Gasteiger partial charge is 0.354 e. The molecular formula is C20H25ClN8O. The molecule has 1 fully saturated rings. The van der Waals surface area contributed by atoms with Crippen molar-refractivity contribution in [3.05, 3.63) is 36.3 Å². The van der Waals surface area contributed by atoms with Gasteiger partial charge in [-0.2, -0.15) is 15.1 Å². The zero-order valence-corrected chi connectivity index (χ0v) is 17.9. The summed E-state index contributed by atoms with van der Waals surface area (Å²) in [6.45, 7) is 7.77. The molecule has 1 unspecified atom stereocenters. The summed E-state index contributed by atoms with van der Waals surface area (Å²) in [7, 11) is 1.98. The van der Waals surface area contributed by atoms with Gasteiger partial charge in [-0.1, -0.05) is 18.2 Å². The maximum Gasteiger partial charge on any atom is 0.246 e. The van der Waals surface area contributed by atoms with Crippen LogP contribution in [0.2, 0.25) is 5.02 Å². The van der Waals surface area contributed by atoms with E-state index in [1.54, 1.807) is 12.4 Å². The van der Waals surface area contributed by atoms with Gasteiger partial charge in [-0.05, 0) is 25.8 Å². The maximum atomic E-state index is 12.1. The lowest BCUT2D eigenvalue weighted by atomic mass is 10.0. The van der Waals surface area contributed by atoms with Crippen LogP contribution in [0.15, 0.2) is 31.2 Å². The van der Waals surface area contributed by atoms with Crippen molar-refractivity contribution in [2.24, 2.45) is 0 Å². The first-order valence-corrected chi connectivity index (χ1v) is 10.4. The van der Waals surface area contributed by atoms with Gasteiger partial charge in [0, 0.05) is 45.1 Å². The first-order valence-electron chi connectivity index (χ1n) is 9.98. The number of aromatic nitrogens is 5. The van der Waals surface area contributed by atoms with Crippen LogP contribution in [0.4, 0.5) is 17.5 Å². The zero-order valence-electron chi connectivity index (χ0n) is 17.1. The number of fused-ring (bicyclic) bond motifs is 1. The number of nitrogens with one attached hydrogen (secondary N) is 2. The Morgan fingerprint density at radius 1 is 1.50 bits per heavy atom. The van der Waals surface area contributed by atoms with Gasteiger partial charge in [-0.3, -0.25) is 9.48 Å². The Hall–Kier alpha value is -3.07. The third-order valence-electron chi connectivity index (χ3n) is 5.44. The van der Waals surface area contributed by atoms with Gasteiger partial charge in [0.2, 0.25) is 11.9 Å². The molecule has 158 valence electrons. The van der Waals surface area contributed by atoms with Gasteiger partial charge < -0.3 is 20.1 Å². The molecule has 1 atom stereocenters. The van der Waals surface area contributed by atoms with Crippen molar-refractivity contribution in [3.63, 3.8) is 0 Å². The average molecular weight is 429 g/mol. The minimum absolute atomic E-state index is 0.0455. The highest BCUT2D eigenvalue weighted by Crippen LogP contribution is 2.33. The highest BCUT2D eigenvalue weighted by atomic mass is 35.5. The van der Waals surface area contributed by atoms with Crippen LogP contribution in [0.1, 0.15) is 19.8 Å². The van der Waals surface area contributed by atoms with Crippen molar-refractivity contribution in [2.75, 3.05) is 30.4 Å². The van der Waals surface area contributed by atoms with Gasteiger partial charge in [-0.15, -0.1) is 0 Å². The van der Waals surface area contributed by atoms with E-state index < -0.39 is 0 Å². The number of likely N-dealkylation sites (N-methyl/N-ethyl adjacent to an activating group) is 1. The molecule has 4 rings (SSSR count). The molecule has 9 nitrogen and oxygen atoms in total. The Labute approximate surface area is 179 Å². The van der Waals surface area contributed by atoms with Crippen molar-refractivity contribution in [2.45, 2.75) is 32.4 Å². The molecule has 0 saturated carbocycles. The molecule has 2 N–H and O–H groups in total. The van der Waals surface area contributed by atoms with Gasteiger partial charge in [-0.25, -0.2) is 0 Å².